The average molecular weight is 165 g/mol. The maximum Gasteiger partial charge on any atom is 0.202 e. The summed E-state index contributed by atoms with van der Waals surface area (Å²) in [5.41, 5.74) is 1.53. The molecule has 0 atom stereocenters. The van der Waals surface area contributed by atoms with Gasteiger partial charge in [-0.15, -0.1) is 0 Å². The molecule has 0 N–H and O–H groups in total. The van der Waals surface area contributed by atoms with E-state index in [9.17, 15) is 4.79 Å². The van der Waals surface area contributed by atoms with Crippen LogP contribution in [0.25, 0.3) is 0 Å². The Hall–Kier alpha value is -0.920. The van der Waals surface area contributed by atoms with Crippen LogP contribution in [-0.4, -0.2) is 18.5 Å². The first kappa shape index (κ1) is 9.17. The summed E-state index contributed by atoms with van der Waals surface area (Å²) in [4.78, 5) is 15.4. The summed E-state index contributed by atoms with van der Waals surface area (Å²) in [6.07, 6.45) is 1.58. The number of aliphatic imine (C=N–C) groups is 1. The lowest BCUT2D eigenvalue weighted by Gasteiger charge is -2.30. The van der Waals surface area contributed by atoms with Crippen LogP contribution in [0.5, 0.6) is 0 Å². The lowest BCUT2D eigenvalue weighted by Crippen LogP contribution is -2.31. The van der Waals surface area contributed by atoms with Gasteiger partial charge in [0, 0.05) is 7.05 Å². The van der Waals surface area contributed by atoms with E-state index in [1.807, 2.05) is 0 Å². The fourth-order valence-corrected chi connectivity index (χ4v) is 1.64. The predicted octanol–water partition coefficient (Wildman–Crippen LogP) is 2.00. The molecule has 2 nitrogen and oxygen atoms in total. The third-order valence-electron chi connectivity index (χ3n) is 2.19. The smallest absolute Gasteiger partial charge is 0.202 e. The number of rotatable bonds is 0. The van der Waals surface area contributed by atoms with Crippen LogP contribution in [0.3, 0.4) is 0 Å². The van der Waals surface area contributed by atoms with E-state index in [0.717, 1.165) is 12.8 Å². The molecule has 1 aliphatic carbocycles. The van der Waals surface area contributed by atoms with Crippen molar-refractivity contribution >= 4 is 11.5 Å². The fraction of sp³-hybridized carbons (Fsp3) is 0.600. The van der Waals surface area contributed by atoms with Crippen LogP contribution in [0.1, 0.15) is 26.7 Å². The van der Waals surface area contributed by atoms with Gasteiger partial charge in [0.05, 0.1) is 5.71 Å². The van der Waals surface area contributed by atoms with Gasteiger partial charge in [0.1, 0.15) is 0 Å². The summed E-state index contributed by atoms with van der Waals surface area (Å²) >= 11 is 0. The van der Waals surface area contributed by atoms with E-state index in [0.29, 0.717) is 11.3 Å². The molecule has 0 aromatic rings. The summed E-state index contributed by atoms with van der Waals surface area (Å²) in [5, 5.41) is 0. The zero-order valence-electron chi connectivity index (χ0n) is 7.98. The van der Waals surface area contributed by atoms with Crippen LogP contribution in [0.4, 0.5) is 0 Å². The highest BCUT2D eigenvalue weighted by Crippen LogP contribution is 2.34. The standard InChI is InChI=1S/C10H15NO/c1-7-5-10(2,3)6-8(11-4)9(7)12/h1,5-6H2,2-4H3. The van der Waals surface area contributed by atoms with Gasteiger partial charge < -0.3 is 0 Å². The van der Waals surface area contributed by atoms with Crippen LogP contribution in [0.15, 0.2) is 17.1 Å². The van der Waals surface area contributed by atoms with Crippen molar-refractivity contribution in [1.29, 1.82) is 0 Å². The molecule has 0 heterocycles. The number of ketones is 1. The molecular weight excluding hydrogens is 150 g/mol. The Bertz CT molecular complexity index is 261. The highest BCUT2D eigenvalue weighted by molar-refractivity contribution is 6.46. The first-order valence-electron chi connectivity index (χ1n) is 4.14. The third-order valence-corrected chi connectivity index (χ3v) is 2.19. The fourth-order valence-electron chi connectivity index (χ4n) is 1.64. The van der Waals surface area contributed by atoms with E-state index in [-0.39, 0.29) is 11.2 Å². The van der Waals surface area contributed by atoms with E-state index < -0.39 is 0 Å². The number of allylic oxidation sites excluding steroid dienone is 1. The molecule has 0 radical (unpaired) electrons. The minimum Gasteiger partial charge on any atom is -0.289 e. The van der Waals surface area contributed by atoms with Gasteiger partial charge in [0.25, 0.3) is 0 Å². The molecule has 12 heavy (non-hydrogen) atoms. The van der Waals surface area contributed by atoms with Gasteiger partial charge in [0.2, 0.25) is 5.78 Å². The van der Waals surface area contributed by atoms with Crippen LogP contribution < -0.4 is 0 Å². The Morgan fingerprint density at radius 3 is 2.50 bits per heavy atom. The van der Waals surface area contributed by atoms with Gasteiger partial charge in [-0.1, -0.05) is 20.4 Å². The van der Waals surface area contributed by atoms with E-state index in [4.69, 9.17) is 0 Å². The van der Waals surface area contributed by atoms with E-state index in [2.05, 4.69) is 25.4 Å². The van der Waals surface area contributed by atoms with Gasteiger partial charge in [0.15, 0.2) is 0 Å². The molecule has 1 aliphatic rings. The molecule has 2 heteroatoms. The number of nitrogens with zero attached hydrogens (tertiary/aromatic N) is 1. The topological polar surface area (TPSA) is 29.4 Å². The van der Waals surface area contributed by atoms with Gasteiger partial charge in [-0.05, 0) is 23.8 Å². The SMILES string of the molecule is C=C1CC(C)(C)CC(=NC)C1=O. The second-order valence-electron chi connectivity index (χ2n) is 4.12. The average Bonchev–Trinajstić information content (AvgIpc) is 1.96. The molecule has 1 rings (SSSR count). The van der Waals surface area contributed by atoms with Crippen LogP contribution in [-0.2, 0) is 4.79 Å². The molecule has 66 valence electrons. The molecule has 0 aromatic heterocycles. The molecule has 1 fully saturated rings. The maximum absolute atomic E-state index is 11.4. The second-order valence-corrected chi connectivity index (χ2v) is 4.12. The highest BCUT2D eigenvalue weighted by atomic mass is 16.1. The molecular formula is C10H15NO. The summed E-state index contributed by atoms with van der Waals surface area (Å²) in [5.74, 6) is 0.0526. The van der Waals surface area contributed by atoms with Crippen molar-refractivity contribution in [1.82, 2.24) is 0 Å². The number of carbonyl (C=O) groups excluding carboxylic acids is 1. The van der Waals surface area contributed by atoms with E-state index >= 15 is 0 Å². The largest absolute Gasteiger partial charge is 0.289 e. The number of carbonyl (C=O) groups is 1. The molecule has 0 amide bonds. The molecule has 0 unspecified atom stereocenters. The lowest BCUT2D eigenvalue weighted by molar-refractivity contribution is -0.110. The molecule has 0 aromatic carbocycles. The first-order valence-corrected chi connectivity index (χ1v) is 4.14. The zero-order chi connectivity index (χ0) is 9.35. The van der Waals surface area contributed by atoms with E-state index in [1.54, 1.807) is 7.05 Å². The second kappa shape index (κ2) is 2.85. The van der Waals surface area contributed by atoms with Crippen molar-refractivity contribution in [2.45, 2.75) is 26.7 Å². The summed E-state index contributed by atoms with van der Waals surface area (Å²) < 4.78 is 0. The third kappa shape index (κ3) is 1.63. The summed E-state index contributed by atoms with van der Waals surface area (Å²) in [6, 6.07) is 0. The minimum atomic E-state index is 0.0526. The molecule has 0 spiro atoms. The van der Waals surface area contributed by atoms with Crippen molar-refractivity contribution in [2.75, 3.05) is 7.05 Å². The van der Waals surface area contributed by atoms with Crippen molar-refractivity contribution in [3.8, 4) is 0 Å². The first-order chi connectivity index (χ1) is 5.46. The highest BCUT2D eigenvalue weighted by Gasteiger charge is 2.32. The van der Waals surface area contributed by atoms with Crippen molar-refractivity contribution in [3.63, 3.8) is 0 Å². The van der Waals surface area contributed by atoms with Crippen LogP contribution in [0.2, 0.25) is 0 Å². The molecule has 1 saturated carbocycles. The van der Waals surface area contributed by atoms with Crippen molar-refractivity contribution in [2.24, 2.45) is 10.4 Å². The normalized spacial score (nSPS) is 26.4. The number of hydrogen-bond donors (Lipinski definition) is 0. The monoisotopic (exact) mass is 165 g/mol. The zero-order valence-corrected chi connectivity index (χ0v) is 7.98. The summed E-state index contributed by atoms with van der Waals surface area (Å²) in [6.45, 7) is 8.03. The van der Waals surface area contributed by atoms with Gasteiger partial charge in [-0.3, -0.25) is 9.79 Å². The quantitative estimate of drug-likeness (QED) is 0.505. The lowest BCUT2D eigenvalue weighted by atomic mass is 9.74. The molecule has 0 saturated heterocycles. The van der Waals surface area contributed by atoms with Crippen LogP contribution in [0, 0.1) is 5.41 Å². The Morgan fingerprint density at radius 2 is 2.00 bits per heavy atom. The van der Waals surface area contributed by atoms with Crippen LogP contribution >= 0.6 is 0 Å². The molecule has 0 bridgehead atoms. The van der Waals surface area contributed by atoms with E-state index in [1.165, 1.54) is 0 Å². The number of hydrogen-bond acceptors (Lipinski definition) is 2. The number of Topliss-reactive ketones (excluding diaryl/α,β-unsaturated/α-hetero) is 1. The predicted molar refractivity (Wildman–Crippen MR) is 50.5 cm³/mol. The summed E-state index contributed by atoms with van der Waals surface area (Å²) in [7, 11) is 1.67. The Kier molecular flexibility index (Phi) is 2.18. The Balaban J connectivity index is 2.94. The van der Waals surface area contributed by atoms with Crippen molar-refractivity contribution in [3.05, 3.63) is 12.2 Å². The van der Waals surface area contributed by atoms with Gasteiger partial charge in [-0.2, -0.15) is 0 Å². The minimum absolute atomic E-state index is 0.0526. The van der Waals surface area contributed by atoms with Gasteiger partial charge >= 0.3 is 0 Å². The Labute approximate surface area is 73.4 Å². The Morgan fingerprint density at radius 1 is 1.42 bits per heavy atom. The van der Waals surface area contributed by atoms with Gasteiger partial charge in [-0.25, -0.2) is 0 Å². The maximum atomic E-state index is 11.4. The van der Waals surface area contributed by atoms with Crippen molar-refractivity contribution < 1.29 is 4.79 Å². The molecule has 0 aliphatic heterocycles.